The summed E-state index contributed by atoms with van der Waals surface area (Å²) in [5, 5.41) is 5.39. The van der Waals surface area contributed by atoms with Gasteiger partial charge >= 0.3 is 0 Å². The molecule has 126 valence electrons. The number of nitrogens with zero attached hydrogens (tertiary/aromatic N) is 1. The summed E-state index contributed by atoms with van der Waals surface area (Å²) in [6, 6.07) is 14.7. The van der Waals surface area contributed by atoms with Gasteiger partial charge in [-0.1, -0.05) is 34.1 Å². The number of nitrogens with one attached hydrogen (secondary N) is 2. The van der Waals surface area contributed by atoms with Gasteiger partial charge in [0.25, 0.3) is 5.91 Å². The lowest BCUT2D eigenvalue weighted by atomic mass is 10.2. The zero-order chi connectivity index (χ0) is 17.5. The van der Waals surface area contributed by atoms with Gasteiger partial charge in [0.15, 0.2) is 0 Å². The third kappa shape index (κ3) is 5.18. The highest BCUT2D eigenvalue weighted by atomic mass is 79.9. The van der Waals surface area contributed by atoms with E-state index in [1.165, 1.54) is 0 Å². The molecule has 0 aliphatic heterocycles. The van der Waals surface area contributed by atoms with E-state index in [2.05, 4.69) is 26.6 Å². The molecule has 0 unspecified atom stereocenters. The summed E-state index contributed by atoms with van der Waals surface area (Å²) in [5.74, 6) is -0.252. The number of anilines is 1. The van der Waals surface area contributed by atoms with Crippen LogP contribution in [0.2, 0.25) is 0 Å². The lowest BCUT2D eigenvalue weighted by Crippen LogP contribution is -2.30. The predicted molar refractivity (Wildman–Crippen MR) is 98.9 cm³/mol. The quantitative estimate of drug-likeness (QED) is 0.798. The smallest absolute Gasteiger partial charge is 0.251 e. The van der Waals surface area contributed by atoms with Crippen molar-refractivity contribution in [3.63, 3.8) is 0 Å². The standard InChI is InChI=1S/C18H20BrN3O2/c1-20-18(24)13-7-9-15(10-8-13)21-17(23)12-22(2)11-14-5-3-4-6-16(14)19/h3-10H,11-12H2,1-2H3,(H,20,24)(H,21,23). The molecule has 0 saturated carbocycles. The van der Waals surface area contributed by atoms with Crippen LogP contribution in [-0.4, -0.2) is 37.4 Å². The van der Waals surface area contributed by atoms with E-state index in [4.69, 9.17) is 0 Å². The van der Waals surface area contributed by atoms with E-state index in [9.17, 15) is 9.59 Å². The van der Waals surface area contributed by atoms with E-state index < -0.39 is 0 Å². The van der Waals surface area contributed by atoms with E-state index in [1.807, 2.05) is 36.2 Å². The Balaban J connectivity index is 1.88. The molecule has 2 aromatic rings. The van der Waals surface area contributed by atoms with Crippen LogP contribution in [0.4, 0.5) is 5.69 Å². The van der Waals surface area contributed by atoms with Crippen molar-refractivity contribution in [3.05, 3.63) is 64.1 Å². The Kier molecular flexibility index (Phi) is 6.52. The second-order valence-electron chi connectivity index (χ2n) is 5.47. The fraction of sp³-hybridized carbons (Fsp3) is 0.222. The van der Waals surface area contributed by atoms with Crippen molar-refractivity contribution >= 4 is 33.4 Å². The summed E-state index contributed by atoms with van der Waals surface area (Å²) in [5.41, 5.74) is 2.35. The van der Waals surface area contributed by atoms with E-state index in [-0.39, 0.29) is 18.4 Å². The van der Waals surface area contributed by atoms with Crippen LogP contribution in [0.15, 0.2) is 53.0 Å². The molecule has 2 amide bonds. The predicted octanol–water partition coefficient (Wildman–Crippen LogP) is 2.88. The third-order valence-electron chi connectivity index (χ3n) is 3.47. The summed E-state index contributed by atoms with van der Waals surface area (Å²) in [7, 11) is 3.48. The summed E-state index contributed by atoms with van der Waals surface area (Å²) >= 11 is 3.51. The monoisotopic (exact) mass is 389 g/mol. The summed E-state index contributed by atoms with van der Waals surface area (Å²) in [4.78, 5) is 25.6. The van der Waals surface area contributed by atoms with Crippen LogP contribution in [0.5, 0.6) is 0 Å². The highest BCUT2D eigenvalue weighted by molar-refractivity contribution is 9.10. The number of carbonyl (C=O) groups excluding carboxylic acids is 2. The molecule has 5 nitrogen and oxygen atoms in total. The molecule has 2 rings (SSSR count). The first kappa shape index (κ1) is 18.2. The minimum atomic E-state index is -0.152. The Bertz CT molecular complexity index is 716. The van der Waals surface area contributed by atoms with Crippen molar-refractivity contribution in [1.82, 2.24) is 10.2 Å². The topological polar surface area (TPSA) is 61.4 Å². The number of rotatable bonds is 6. The molecule has 0 fully saturated rings. The maximum Gasteiger partial charge on any atom is 0.251 e. The van der Waals surface area contributed by atoms with Crippen molar-refractivity contribution in [2.75, 3.05) is 26.0 Å². The van der Waals surface area contributed by atoms with Crippen LogP contribution in [0.25, 0.3) is 0 Å². The lowest BCUT2D eigenvalue weighted by molar-refractivity contribution is -0.117. The van der Waals surface area contributed by atoms with Crippen molar-refractivity contribution in [1.29, 1.82) is 0 Å². The first-order chi connectivity index (χ1) is 11.5. The minimum absolute atomic E-state index is 0.0998. The maximum absolute atomic E-state index is 12.1. The Morgan fingerprint density at radius 1 is 1.08 bits per heavy atom. The molecular weight excluding hydrogens is 370 g/mol. The fourth-order valence-electron chi connectivity index (χ4n) is 2.27. The van der Waals surface area contributed by atoms with Crippen LogP contribution in [-0.2, 0) is 11.3 Å². The molecule has 0 radical (unpaired) electrons. The van der Waals surface area contributed by atoms with Gasteiger partial charge in [0.05, 0.1) is 6.54 Å². The number of hydrogen-bond donors (Lipinski definition) is 2. The minimum Gasteiger partial charge on any atom is -0.355 e. The van der Waals surface area contributed by atoms with Gasteiger partial charge in [0.2, 0.25) is 5.91 Å². The average molecular weight is 390 g/mol. The molecule has 0 aliphatic rings. The Hall–Kier alpha value is -2.18. The van der Waals surface area contributed by atoms with Crippen LogP contribution in [0, 0.1) is 0 Å². The van der Waals surface area contributed by atoms with Crippen LogP contribution < -0.4 is 10.6 Å². The van der Waals surface area contributed by atoms with Gasteiger partial charge in [0, 0.05) is 29.3 Å². The average Bonchev–Trinajstić information content (AvgIpc) is 2.56. The Morgan fingerprint density at radius 3 is 2.38 bits per heavy atom. The number of hydrogen-bond acceptors (Lipinski definition) is 3. The molecule has 6 heteroatoms. The van der Waals surface area contributed by atoms with Crippen molar-refractivity contribution in [3.8, 4) is 0 Å². The molecular formula is C18H20BrN3O2. The third-order valence-corrected chi connectivity index (χ3v) is 4.24. The second-order valence-corrected chi connectivity index (χ2v) is 6.32. The van der Waals surface area contributed by atoms with Crippen molar-refractivity contribution in [2.24, 2.45) is 0 Å². The molecule has 0 atom stereocenters. The van der Waals surface area contributed by atoms with Crippen LogP contribution in [0.1, 0.15) is 15.9 Å². The van der Waals surface area contributed by atoms with Gasteiger partial charge in [-0.25, -0.2) is 0 Å². The molecule has 0 aliphatic carbocycles. The molecule has 2 aromatic carbocycles. The summed E-state index contributed by atoms with van der Waals surface area (Å²) in [6.07, 6.45) is 0. The van der Waals surface area contributed by atoms with Gasteiger partial charge in [-0.3, -0.25) is 14.5 Å². The SMILES string of the molecule is CNC(=O)c1ccc(NC(=O)CN(C)Cc2ccccc2Br)cc1. The van der Waals surface area contributed by atoms with Gasteiger partial charge in [0.1, 0.15) is 0 Å². The van der Waals surface area contributed by atoms with Crippen molar-refractivity contribution < 1.29 is 9.59 Å². The van der Waals surface area contributed by atoms with Crippen molar-refractivity contribution in [2.45, 2.75) is 6.54 Å². The zero-order valence-electron chi connectivity index (χ0n) is 13.7. The molecule has 0 heterocycles. The molecule has 0 saturated heterocycles. The number of halogens is 1. The van der Waals surface area contributed by atoms with Gasteiger partial charge in [-0.2, -0.15) is 0 Å². The highest BCUT2D eigenvalue weighted by Gasteiger charge is 2.09. The highest BCUT2D eigenvalue weighted by Crippen LogP contribution is 2.17. The number of carbonyl (C=O) groups is 2. The Labute approximate surface area is 150 Å². The number of benzene rings is 2. The molecule has 0 aromatic heterocycles. The summed E-state index contributed by atoms with van der Waals surface area (Å²) in [6.45, 7) is 0.947. The van der Waals surface area contributed by atoms with E-state index >= 15 is 0 Å². The molecule has 0 spiro atoms. The Morgan fingerprint density at radius 2 is 1.75 bits per heavy atom. The van der Waals surface area contributed by atoms with Crippen LogP contribution in [0.3, 0.4) is 0 Å². The number of likely N-dealkylation sites (N-methyl/N-ethyl adjacent to an activating group) is 1. The van der Waals surface area contributed by atoms with Gasteiger partial charge in [-0.05, 0) is 42.9 Å². The number of amides is 2. The van der Waals surface area contributed by atoms with Crippen LogP contribution >= 0.6 is 15.9 Å². The molecule has 2 N–H and O–H groups in total. The maximum atomic E-state index is 12.1. The molecule has 0 bridgehead atoms. The van der Waals surface area contributed by atoms with E-state index in [0.717, 1.165) is 10.0 Å². The van der Waals surface area contributed by atoms with E-state index in [0.29, 0.717) is 17.8 Å². The zero-order valence-corrected chi connectivity index (χ0v) is 15.3. The summed E-state index contributed by atoms with van der Waals surface area (Å²) < 4.78 is 1.03. The normalized spacial score (nSPS) is 10.5. The van der Waals surface area contributed by atoms with Gasteiger partial charge in [-0.15, -0.1) is 0 Å². The first-order valence-corrected chi connectivity index (χ1v) is 8.33. The van der Waals surface area contributed by atoms with E-state index in [1.54, 1.807) is 31.3 Å². The lowest BCUT2D eigenvalue weighted by Gasteiger charge is -2.17. The molecule has 24 heavy (non-hydrogen) atoms. The first-order valence-electron chi connectivity index (χ1n) is 7.53. The second kappa shape index (κ2) is 8.61. The van der Waals surface area contributed by atoms with Gasteiger partial charge < -0.3 is 10.6 Å². The fourth-order valence-corrected chi connectivity index (χ4v) is 2.68. The largest absolute Gasteiger partial charge is 0.355 e.